The second kappa shape index (κ2) is 5.84. The van der Waals surface area contributed by atoms with E-state index in [-0.39, 0.29) is 24.5 Å². The summed E-state index contributed by atoms with van der Waals surface area (Å²) in [6, 6.07) is 4.58. The number of hydrogen-bond acceptors (Lipinski definition) is 4. The molecule has 4 N–H and O–H groups in total. The molecule has 100 valence electrons. The van der Waals surface area contributed by atoms with Crippen molar-refractivity contribution in [2.24, 2.45) is 0 Å². The minimum atomic E-state index is -1.03. The largest absolute Gasteiger partial charge is 0.508 e. The summed E-state index contributed by atoms with van der Waals surface area (Å²) in [5.41, 5.74) is -0.0622. The fourth-order valence-electron chi connectivity index (χ4n) is 1.50. The summed E-state index contributed by atoms with van der Waals surface area (Å²) in [5.74, 6) is -0.395. The molecular weight excluding hydrogens is 234 g/mol. The molecule has 0 aliphatic rings. The van der Waals surface area contributed by atoms with Crippen molar-refractivity contribution in [3.05, 3.63) is 29.3 Å². The molecule has 1 aromatic rings. The van der Waals surface area contributed by atoms with Gasteiger partial charge in [-0.3, -0.25) is 4.79 Å². The topological polar surface area (TPSA) is 89.8 Å². The van der Waals surface area contributed by atoms with Gasteiger partial charge >= 0.3 is 0 Å². The lowest BCUT2D eigenvalue weighted by Crippen LogP contribution is -2.53. The van der Waals surface area contributed by atoms with Crippen molar-refractivity contribution in [1.82, 2.24) is 5.32 Å². The number of amides is 1. The Hall–Kier alpha value is -1.59. The van der Waals surface area contributed by atoms with Crippen LogP contribution in [0.5, 0.6) is 5.75 Å². The second-order valence-electron chi connectivity index (χ2n) is 4.41. The number of phenolic OH excluding ortho intramolecular Hbond substituents is 1. The van der Waals surface area contributed by atoms with E-state index in [0.717, 1.165) is 0 Å². The van der Waals surface area contributed by atoms with E-state index in [4.69, 9.17) is 0 Å². The lowest BCUT2D eigenvalue weighted by molar-refractivity contribution is 0.0652. The summed E-state index contributed by atoms with van der Waals surface area (Å²) in [6.07, 6.45) is 0.406. The van der Waals surface area contributed by atoms with E-state index in [1.54, 1.807) is 26.0 Å². The van der Waals surface area contributed by atoms with Crippen LogP contribution in [0.15, 0.2) is 18.2 Å². The summed E-state index contributed by atoms with van der Waals surface area (Å²) in [6.45, 7) is 2.81. The van der Waals surface area contributed by atoms with Gasteiger partial charge in [-0.25, -0.2) is 0 Å². The van der Waals surface area contributed by atoms with Crippen molar-refractivity contribution >= 4 is 5.91 Å². The van der Waals surface area contributed by atoms with E-state index in [0.29, 0.717) is 12.0 Å². The molecule has 5 nitrogen and oxygen atoms in total. The Balaban J connectivity index is 2.90. The number of nitrogens with one attached hydrogen (secondary N) is 1. The predicted molar refractivity (Wildman–Crippen MR) is 67.5 cm³/mol. The first-order valence-corrected chi connectivity index (χ1v) is 5.82. The minimum absolute atomic E-state index is 0.0396. The van der Waals surface area contributed by atoms with Crippen LogP contribution in [0.3, 0.4) is 0 Å². The third kappa shape index (κ3) is 3.00. The molecule has 0 spiro atoms. The predicted octanol–water partition coefficient (Wildman–Crippen LogP) is 0.564. The van der Waals surface area contributed by atoms with Gasteiger partial charge in [0.05, 0.1) is 18.8 Å². The molecule has 0 fully saturated rings. The Morgan fingerprint density at radius 1 is 1.33 bits per heavy atom. The molecular formula is C13H19NO4. The zero-order valence-corrected chi connectivity index (χ0v) is 10.6. The number of aryl methyl sites for hydroxylation is 1. The zero-order chi connectivity index (χ0) is 13.8. The summed E-state index contributed by atoms with van der Waals surface area (Å²) in [4.78, 5) is 12.0. The molecule has 0 aromatic heterocycles. The third-order valence-corrected chi connectivity index (χ3v) is 3.13. The average molecular weight is 253 g/mol. The molecule has 0 heterocycles. The van der Waals surface area contributed by atoms with Gasteiger partial charge < -0.3 is 20.6 Å². The van der Waals surface area contributed by atoms with Gasteiger partial charge in [-0.2, -0.15) is 0 Å². The molecule has 0 unspecified atom stereocenters. The maximum Gasteiger partial charge on any atom is 0.252 e. The van der Waals surface area contributed by atoms with Crippen LogP contribution in [0.2, 0.25) is 0 Å². The van der Waals surface area contributed by atoms with Crippen LogP contribution in [0.1, 0.15) is 29.3 Å². The third-order valence-electron chi connectivity index (χ3n) is 3.13. The number of phenols is 1. The molecule has 0 aliphatic carbocycles. The highest BCUT2D eigenvalue weighted by atomic mass is 16.3. The Bertz CT molecular complexity index is 419. The van der Waals surface area contributed by atoms with Gasteiger partial charge in [0, 0.05) is 5.56 Å². The maximum absolute atomic E-state index is 12.0. The highest BCUT2D eigenvalue weighted by Crippen LogP contribution is 2.18. The standard InChI is InChI=1S/C13H19NO4/c1-3-13(7-15,8-16)14-12(18)10-5-4-9(2)11(17)6-10/h4-6,15-17H,3,7-8H2,1-2H3,(H,14,18). The molecule has 1 aromatic carbocycles. The van der Waals surface area contributed by atoms with Gasteiger partial charge in [0.25, 0.3) is 5.91 Å². The summed E-state index contributed by atoms with van der Waals surface area (Å²) >= 11 is 0. The molecule has 0 bridgehead atoms. The highest BCUT2D eigenvalue weighted by molar-refractivity contribution is 5.95. The first kappa shape index (κ1) is 14.5. The number of aliphatic hydroxyl groups is 2. The summed E-state index contributed by atoms with van der Waals surface area (Å²) in [7, 11) is 0. The second-order valence-corrected chi connectivity index (χ2v) is 4.41. The average Bonchev–Trinajstić information content (AvgIpc) is 2.39. The number of aliphatic hydroxyl groups excluding tert-OH is 2. The summed E-state index contributed by atoms with van der Waals surface area (Å²) < 4.78 is 0. The van der Waals surface area contributed by atoms with Gasteiger partial charge in [0.1, 0.15) is 5.75 Å². The van der Waals surface area contributed by atoms with Crippen molar-refractivity contribution in [3.63, 3.8) is 0 Å². The quantitative estimate of drug-likeness (QED) is 0.617. The Morgan fingerprint density at radius 2 is 1.94 bits per heavy atom. The maximum atomic E-state index is 12.0. The number of hydrogen-bond donors (Lipinski definition) is 4. The molecule has 18 heavy (non-hydrogen) atoms. The number of rotatable bonds is 5. The fraction of sp³-hybridized carbons (Fsp3) is 0.462. The van der Waals surface area contributed by atoms with Gasteiger partial charge in [-0.05, 0) is 31.0 Å². The normalized spacial score (nSPS) is 11.3. The monoisotopic (exact) mass is 253 g/mol. The molecule has 1 amide bonds. The highest BCUT2D eigenvalue weighted by Gasteiger charge is 2.29. The number of aromatic hydroxyl groups is 1. The molecule has 5 heteroatoms. The molecule has 0 saturated heterocycles. The van der Waals surface area contributed by atoms with Crippen LogP contribution in [-0.2, 0) is 0 Å². The molecule has 0 aliphatic heterocycles. The van der Waals surface area contributed by atoms with Crippen LogP contribution >= 0.6 is 0 Å². The minimum Gasteiger partial charge on any atom is -0.508 e. The van der Waals surface area contributed by atoms with Crippen molar-refractivity contribution in [1.29, 1.82) is 0 Å². The van der Waals surface area contributed by atoms with Crippen molar-refractivity contribution in [3.8, 4) is 5.75 Å². The van der Waals surface area contributed by atoms with Gasteiger partial charge in [0.15, 0.2) is 0 Å². The van der Waals surface area contributed by atoms with Crippen molar-refractivity contribution < 1.29 is 20.1 Å². The Kier molecular flexibility index (Phi) is 4.69. The Labute approximate surface area is 106 Å². The first-order valence-electron chi connectivity index (χ1n) is 5.82. The van der Waals surface area contributed by atoms with Crippen LogP contribution in [-0.4, -0.2) is 40.0 Å². The lowest BCUT2D eigenvalue weighted by atomic mass is 9.97. The van der Waals surface area contributed by atoms with E-state index >= 15 is 0 Å². The van der Waals surface area contributed by atoms with E-state index in [2.05, 4.69) is 5.32 Å². The van der Waals surface area contributed by atoms with Crippen LogP contribution < -0.4 is 5.32 Å². The van der Waals surface area contributed by atoms with E-state index in [9.17, 15) is 20.1 Å². The summed E-state index contributed by atoms with van der Waals surface area (Å²) in [5, 5.41) is 30.6. The lowest BCUT2D eigenvalue weighted by Gasteiger charge is -2.29. The number of benzene rings is 1. The van der Waals surface area contributed by atoms with E-state index < -0.39 is 11.4 Å². The molecule has 0 atom stereocenters. The smallest absolute Gasteiger partial charge is 0.252 e. The van der Waals surface area contributed by atoms with E-state index in [1.165, 1.54) is 6.07 Å². The van der Waals surface area contributed by atoms with Crippen LogP contribution in [0, 0.1) is 6.92 Å². The SMILES string of the molecule is CCC(CO)(CO)NC(=O)c1ccc(C)c(O)c1. The number of carbonyl (C=O) groups is 1. The fourth-order valence-corrected chi connectivity index (χ4v) is 1.50. The van der Waals surface area contributed by atoms with Gasteiger partial charge in [-0.1, -0.05) is 13.0 Å². The van der Waals surface area contributed by atoms with Crippen molar-refractivity contribution in [2.75, 3.05) is 13.2 Å². The van der Waals surface area contributed by atoms with Gasteiger partial charge in [-0.15, -0.1) is 0 Å². The zero-order valence-electron chi connectivity index (χ0n) is 10.6. The molecule has 0 radical (unpaired) electrons. The Morgan fingerprint density at radius 3 is 2.39 bits per heavy atom. The molecule has 0 saturated carbocycles. The van der Waals surface area contributed by atoms with Crippen molar-refractivity contribution in [2.45, 2.75) is 25.8 Å². The number of carbonyl (C=O) groups excluding carboxylic acids is 1. The first-order chi connectivity index (χ1) is 8.48. The van der Waals surface area contributed by atoms with Crippen LogP contribution in [0.4, 0.5) is 0 Å². The van der Waals surface area contributed by atoms with Gasteiger partial charge in [0.2, 0.25) is 0 Å². The van der Waals surface area contributed by atoms with E-state index in [1.807, 2.05) is 0 Å². The van der Waals surface area contributed by atoms with Crippen LogP contribution in [0.25, 0.3) is 0 Å². The molecule has 1 rings (SSSR count).